The third-order valence-corrected chi connectivity index (χ3v) is 4.70. The lowest BCUT2D eigenvalue weighted by atomic mass is 9.98. The first-order chi connectivity index (χ1) is 11.8. The van der Waals surface area contributed by atoms with E-state index in [1.807, 2.05) is 48.5 Å². The highest BCUT2D eigenvalue weighted by Crippen LogP contribution is 2.32. The van der Waals surface area contributed by atoms with Crippen molar-refractivity contribution >= 4 is 22.4 Å². The Morgan fingerprint density at radius 3 is 2.38 bits per heavy atom. The van der Waals surface area contributed by atoms with Crippen LogP contribution < -0.4 is 4.90 Å². The molecule has 4 rings (SSSR count). The van der Waals surface area contributed by atoms with Crippen molar-refractivity contribution in [2.75, 3.05) is 18.0 Å². The number of benzene rings is 2. The summed E-state index contributed by atoms with van der Waals surface area (Å²) in [6.07, 6.45) is 5.37. The number of pyridine rings is 1. The Morgan fingerprint density at radius 1 is 0.875 bits per heavy atom. The number of aromatic nitrogens is 1. The molecule has 0 saturated carbocycles. The number of para-hydroxylation sites is 1. The van der Waals surface area contributed by atoms with Crippen LogP contribution in [0, 0.1) is 0 Å². The molecule has 0 atom stereocenters. The van der Waals surface area contributed by atoms with Gasteiger partial charge in [0, 0.05) is 30.2 Å². The van der Waals surface area contributed by atoms with Crippen molar-refractivity contribution in [1.29, 1.82) is 0 Å². The van der Waals surface area contributed by atoms with Gasteiger partial charge in [-0.1, -0.05) is 48.5 Å². The van der Waals surface area contributed by atoms with Crippen LogP contribution in [0.1, 0.15) is 35.2 Å². The van der Waals surface area contributed by atoms with Crippen molar-refractivity contribution in [3.05, 3.63) is 71.9 Å². The molecule has 0 amide bonds. The van der Waals surface area contributed by atoms with Gasteiger partial charge in [0.15, 0.2) is 5.78 Å². The molecule has 0 aliphatic carbocycles. The van der Waals surface area contributed by atoms with Gasteiger partial charge in [-0.3, -0.25) is 9.78 Å². The molecule has 2 aromatic carbocycles. The number of hydrogen-bond acceptors (Lipinski definition) is 3. The van der Waals surface area contributed by atoms with E-state index < -0.39 is 0 Å². The molecule has 3 nitrogen and oxygen atoms in total. The first-order valence-electron chi connectivity index (χ1n) is 8.57. The third-order valence-electron chi connectivity index (χ3n) is 4.70. The summed E-state index contributed by atoms with van der Waals surface area (Å²) in [5.41, 5.74) is 3.42. The van der Waals surface area contributed by atoms with Crippen LogP contribution in [0.4, 0.5) is 5.69 Å². The SMILES string of the molecule is O=C(c1ccccc1)c1cnc2ccccc2c1N1CCCCC1. The van der Waals surface area contributed by atoms with Crippen LogP contribution in [0.15, 0.2) is 60.8 Å². The van der Waals surface area contributed by atoms with Crippen molar-refractivity contribution < 1.29 is 4.79 Å². The smallest absolute Gasteiger partial charge is 0.196 e. The maximum atomic E-state index is 13.1. The summed E-state index contributed by atoms with van der Waals surface area (Å²) in [5, 5.41) is 1.07. The Morgan fingerprint density at radius 2 is 1.58 bits per heavy atom. The highest BCUT2D eigenvalue weighted by molar-refractivity contribution is 6.15. The molecule has 3 heteroatoms. The number of piperidine rings is 1. The number of carbonyl (C=O) groups is 1. The lowest BCUT2D eigenvalue weighted by Crippen LogP contribution is -2.31. The molecular formula is C21H20N2O. The zero-order valence-corrected chi connectivity index (χ0v) is 13.6. The topological polar surface area (TPSA) is 33.2 Å². The summed E-state index contributed by atoms with van der Waals surface area (Å²) < 4.78 is 0. The average Bonchev–Trinajstić information content (AvgIpc) is 2.68. The summed E-state index contributed by atoms with van der Waals surface area (Å²) in [5.74, 6) is 0.0504. The van der Waals surface area contributed by atoms with Gasteiger partial charge < -0.3 is 4.90 Å². The molecular weight excluding hydrogens is 296 g/mol. The van der Waals surface area contributed by atoms with Crippen molar-refractivity contribution in [2.45, 2.75) is 19.3 Å². The van der Waals surface area contributed by atoms with Crippen molar-refractivity contribution in [3.63, 3.8) is 0 Å². The molecule has 0 unspecified atom stereocenters. The Hall–Kier alpha value is -2.68. The molecule has 0 spiro atoms. The lowest BCUT2D eigenvalue weighted by Gasteiger charge is -2.31. The van der Waals surface area contributed by atoms with Crippen LogP contribution in [-0.4, -0.2) is 23.9 Å². The van der Waals surface area contributed by atoms with E-state index in [0.717, 1.165) is 29.7 Å². The minimum Gasteiger partial charge on any atom is -0.370 e. The first kappa shape index (κ1) is 14.9. The maximum absolute atomic E-state index is 13.1. The number of rotatable bonds is 3. The highest BCUT2D eigenvalue weighted by Gasteiger charge is 2.22. The number of carbonyl (C=O) groups excluding carboxylic acids is 1. The Balaban J connectivity index is 1.89. The lowest BCUT2D eigenvalue weighted by molar-refractivity contribution is 0.103. The normalized spacial score (nSPS) is 14.8. The van der Waals surface area contributed by atoms with E-state index in [2.05, 4.69) is 16.0 Å². The zero-order valence-electron chi connectivity index (χ0n) is 13.6. The maximum Gasteiger partial charge on any atom is 0.196 e. The van der Waals surface area contributed by atoms with E-state index in [0.29, 0.717) is 11.1 Å². The summed E-state index contributed by atoms with van der Waals surface area (Å²) in [7, 11) is 0. The van der Waals surface area contributed by atoms with Gasteiger partial charge in [-0.2, -0.15) is 0 Å². The molecule has 1 aromatic heterocycles. The van der Waals surface area contributed by atoms with Crippen LogP contribution in [0.25, 0.3) is 10.9 Å². The molecule has 3 aromatic rings. The molecule has 0 N–H and O–H groups in total. The number of nitrogens with zero attached hydrogens (tertiary/aromatic N) is 2. The van der Waals surface area contributed by atoms with Crippen molar-refractivity contribution in [1.82, 2.24) is 4.98 Å². The summed E-state index contributed by atoms with van der Waals surface area (Å²) >= 11 is 0. The molecule has 1 saturated heterocycles. The third kappa shape index (κ3) is 2.67. The molecule has 24 heavy (non-hydrogen) atoms. The van der Waals surface area contributed by atoms with Gasteiger partial charge in [-0.15, -0.1) is 0 Å². The van der Waals surface area contributed by atoms with Gasteiger partial charge in [-0.25, -0.2) is 0 Å². The van der Waals surface area contributed by atoms with E-state index in [-0.39, 0.29) is 5.78 Å². The van der Waals surface area contributed by atoms with E-state index >= 15 is 0 Å². The van der Waals surface area contributed by atoms with Gasteiger partial charge in [0.1, 0.15) is 0 Å². The van der Waals surface area contributed by atoms with Crippen LogP contribution in [-0.2, 0) is 0 Å². The molecule has 2 heterocycles. The van der Waals surface area contributed by atoms with Crippen LogP contribution in [0.2, 0.25) is 0 Å². The zero-order chi connectivity index (χ0) is 16.4. The second-order valence-corrected chi connectivity index (χ2v) is 6.28. The fraction of sp³-hybridized carbons (Fsp3) is 0.238. The van der Waals surface area contributed by atoms with E-state index in [1.54, 1.807) is 6.20 Å². The minimum atomic E-state index is 0.0504. The highest BCUT2D eigenvalue weighted by atomic mass is 16.1. The Labute approximate surface area is 141 Å². The Bertz CT molecular complexity index is 867. The number of hydrogen-bond donors (Lipinski definition) is 0. The quantitative estimate of drug-likeness (QED) is 0.669. The fourth-order valence-electron chi connectivity index (χ4n) is 3.50. The van der Waals surface area contributed by atoms with Crippen LogP contribution in [0.3, 0.4) is 0 Å². The largest absolute Gasteiger partial charge is 0.370 e. The number of ketones is 1. The van der Waals surface area contributed by atoms with Crippen molar-refractivity contribution in [3.8, 4) is 0 Å². The Kier molecular flexibility index (Phi) is 3.99. The fourth-order valence-corrected chi connectivity index (χ4v) is 3.50. The van der Waals surface area contributed by atoms with E-state index in [1.165, 1.54) is 19.3 Å². The number of fused-ring (bicyclic) bond motifs is 1. The molecule has 1 fully saturated rings. The predicted octanol–water partition coefficient (Wildman–Crippen LogP) is 4.46. The van der Waals surface area contributed by atoms with E-state index in [9.17, 15) is 4.79 Å². The van der Waals surface area contributed by atoms with E-state index in [4.69, 9.17) is 0 Å². The second kappa shape index (κ2) is 6.44. The molecule has 1 aliphatic rings. The summed E-state index contributed by atoms with van der Waals surface area (Å²) in [6.45, 7) is 2.01. The summed E-state index contributed by atoms with van der Waals surface area (Å²) in [6, 6.07) is 17.6. The molecule has 0 bridgehead atoms. The first-order valence-corrected chi connectivity index (χ1v) is 8.57. The van der Waals surface area contributed by atoms with Crippen molar-refractivity contribution in [2.24, 2.45) is 0 Å². The molecule has 120 valence electrons. The van der Waals surface area contributed by atoms with Gasteiger partial charge in [0.25, 0.3) is 0 Å². The molecule has 0 radical (unpaired) electrons. The molecule has 1 aliphatic heterocycles. The second-order valence-electron chi connectivity index (χ2n) is 6.28. The van der Waals surface area contributed by atoms with Gasteiger partial charge in [0.05, 0.1) is 16.8 Å². The van der Waals surface area contributed by atoms with Gasteiger partial charge in [-0.05, 0) is 25.3 Å². The number of anilines is 1. The summed E-state index contributed by atoms with van der Waals surface area (Å²) in [4.78, 5) is 20.0. The predicted molar refractivity (Wildman–Crippen MR) is 97.7 cm³/mol. The monoisotopic (exact) mass is 316 g/mol. The average molecular weight is 316 g/mol. The van der Waals surface area contributed by atoms with Gasteiger partial charge in [0.2, 0.25) is 0 Å². The standard InChI is InChI=1S/C21H20N2O/c24-21(16-9-3-1-4-10-16)18-15-22-19-12-6-5-11-17(19)20(18)23-13-7-2-8-14-23/h1,3-6,9-12,15H,2,7-8,13-14H2. The minimum absolute atomic E-state index is 0.0504. The van der Waals surface area contributed by atoms with Gasteiger partial charge >= 0.3 is 0 Å². The van der Waals surface area contributed by atoms with Crippen LogP contribution in [0.5, 0.6) is 0 Å². The van der Waals surface area contributed by atoms with Crippen LogP contribution >= 0.6 is 0 Å².